The van der Waals surface area contributed by atoms with Gasteiger partial charge in [-0.1, -0.05) is 127 Å². The Morgan fingerprint density at radius 1 is 0.333 bits per heavy atom. The molecule has 0 aliphatic rings. The molecule has 0 radical (unpaired) electrons. The van der Waals surface area contributed by atoms with Crippen LogP contribution in [0.15, 0.2) is 176 Å². The van der Waals surface area contributed by atoms with E-state index in [1.807, 2.05) is 11.3 Å². The maximum absolute atomic E-state index is 2.40. The fourth-order valence-electron chi connectivity index (χ4n) is 7.52. The van der Waals surface area contributed by atoms with Crippen molar-refractivity contribution in [1.82, 2.24) is 0 Å². The van der Waals surface area contributed by atoms with Gasteiger partial charge >= 0.3 is 0 Å². The minimum Gasteiger partial charge on any atom is -0.310 e. The van der Waals surface area contributed by atoms with Crippen LogP contribution < -0.4 is 4.90 Å². The van der Waals surface area contributed by atoms with Crippen molar-refractivity contribution in [3.8, 4) is 11.1 Å². The first kappa shape index (κ1) is 27.2. The SMILES string of the molecule is c1ccc2c(c1)ccc1cc(N(c3ccc(-c4cccc5sc6ccccc6c45)cc3)c3ccc4ccc5ccccc5c4c3)ccc12. The molecule has 0 spiro atoms. The Morgan fingerprint density at radius 3 is 1.67 bits per heavy atom. The second-order valence-corrected chi connectivity index (χ2v) is 13.6. The number of rotatable bonds is 4. The number of nitrogens with zero attached hydrogens (tertiary/aromatic N) is 1. The molecule has 0 saturated carbocycles. The lowest BCUT2D eigenvalue weighted by atomic mass is 9.98. The van der Waals surface area contributed by atoms with E-state index in [1.54, 1.807) is 0 Å². The highest BCUT2D eigenvalue weighted by molar-refractivity contribution is 7.25. The number of anilines is 3. The van der Waals surface area contributed by atoms with E-state index in [0.717, 1.165) is 17.1 Å². The van der Waals surface area contributed by atoms with E-state index in [1.165, 1.54) is 74.4 Å². The zero-order chi connectivity index (χ0) is 31.6. The van der Waals surface area contributed by atoms with Crippen molar-refractivity contribution in [3.05, 3.63) is 176 Å². The van der Waals surface area contributed by atoms with Gasteiger partial charge in [0.05, 0.1) is 0 Å². The average Bonchev–Trinajstić information content (AvgIpc) is 3.54. The molecule has 0 bridgehead atoms. The van der Waals surface area contributed by atoms with Gasteiger partial charge in [-0.3, -0.25) is 0 Å². The summed E-state index contributed by atoms with van der Waals surface area (Å²) in [5.74, 6) is 0. The summed E-state index contributed by atoms with van der Waals surface area (Å²) in [5, 5.41) is 12.7. The Hall–Kier alpha value is -5.96. The molecule has 48 heavy (non-hydrogen) atoms. The van der Waals surface area contributed by atoms with Gasteiger partial charge in [-0.05, 0) is 103 Å². The molecule has 224 valence electrons. The third-order valence-corrected chi connectivity index (χ3v) is 11.0. The van der Waals surface area contributed by atoms with E-state index in [2.05, 4.69) is 181 Å². The average molecular weight is 628 g/mol. The van der Waals surface area contributed by atoms with Crippen LogP contribution in [0.25, 0.3) is 74.4 Å². The van der Waals surface area contributed by atoms with Crippen molar-refractivity contribution in [3.63, 3.8) is 0 Å². The van der Waals surface area contributed by atoms with Crippen molar-refractivity contribution in [1.29, 1.82) is 0 Å². The lowest BCUT2D eigenvalue weighted by Crippen LogP contribution is -2.10. The van der Waals surface area contributed by atoms with E-state index in [0.29, 0.717) is 0 Å². The highest BCUT2D eigenvalue weighted by Crippen LogP contribution is 2.43. The van der Waals surface area contributed by atoms with Crippen LogP contribution in [-0.2, 0) is 0 Å². The molecule has 10 aromatic rings. The maximum atomic E-state index is 2.40. The third kappa shape index (κ3) is 4.31. The van der Waals surface area contributed by atoms with Gasteiger partial charge in [-0.25, -0.2) is 0 Å². The monoisotopic (exact) mass is 627 g/mol. The van der Waals surface area contributed by atoms with Crippen molar-refractivity contribution in [2.45, 2.75) is 0 Å². The van der Waals surface area contributed by atoms with Gasteiger partial charge < -0.3 is 4.90 Å². The first-order valence-corrected chi connectivity index (χ1v) is 17.2. The molecule has 9 aromatic carbocycles. The molecular weight excluding hydrogens is 599 g/mol. The molecule has 0 aliphatic heterocycles. The highest BCUT2D eigenvalue weighted by Gasteiger charge is 2.17. The van der Waals surface area contributed by atoms with Crippen LogP contribution in [0.1, 0.15) is 0 Å². The smallest absolute Gasteiger partial charge is 0.0468 e. The van der Waals surface area contributed by atoms with Crippen LogP contribution >= 0.6 is 11.3 Å². The molecule has 0 unspecified atom stereocenters. The standard InChI is InChI=1S/C46H29NS/c1-3-10-38-30(8-1)18-19-34-28-36(26-27-40(34)38)47(37-25-22-33-17-16-31-9-2-4-11-39(31)43(33)29-37)35-23-20-32(21-24-35)41-13-7-15-45-46(41)42-12-5-6-14-44(42)48-45/h1-29H. The molecule has 0 fully saturated rings. The summed E-state index contributed by atoms with van der Waals surface area (Å²) in [7, 11) is 0. The summed E-state index contributed by atoms with van der Waals surface area (Å²) in [4.78, 5) is 2.40. The maximum Gasteiger partial charge on any atom is 0.0468 e. The molecule has 1 aromatic heterocycles. The number of benzene rings is 9. The normalized spacial score (nSPS) is 11.8. The third-order valence-electron chi connectivity index (χ3n) is 9.81. The first-order valence-electron chi connectivity index (χ1n) is 16.4. The second kappa shape index (κ2) is 10.8. The molecule has 2 heteroatoms. The van der Waals surface area contributed by atoms with Gasteiger partial charge in [0.25, 0.3) is 0 Å². The largest absolute Gasteiger partial charge is 0.310 e. The predicted octanol–water partition coefficient (Wildman–Crippen LogP) is 13.8. The fourth-order valence-corrected chi connectivity index (χ4v) is 8.65. The van der Waals surface area contributed by atoms with Crippen LogP contribution in [0.3, 0.4) is 0 Å². The summed E-state index contributed by atoms with van der Waals surface area (Å²) in [6, 6.07) is 64.6. The molecule has 0 amide bonds. The second-order valence-electron chi connectivity index (χ2n) is 12.5. The molecule has 0 N–H and O–H groups in total. The van der Waals surface area contributed by atoms with E-state index in [9.17, 15) is 0 Å². The summed E-state index contributed by atoms with van der Waals surface area (Å²) in [6.07, 6.45) is 0. The van der Waals surface area contributed by atoms with Gasteiger partial charge in [-0.15, -0.1) is 11.3 Å². The van der Waals surface area contributed by atoms with E-state index in [4.69, 9.17) is 0 Å². The van der Waals surface area contributed by atoms with Gasteiger partial charge in [0.1, 0.15) is 0 Å². The Labute approximate surface area is 282 Å². The first-order chi connectivity index (χ1) is 23.8. The predicted molar refractivity (Wildman–Crippen MR) is 209 cm³/mol. The number of hydrogen-bond acceptors (Lipinski definition) is 2. The van der Waals surface area contributed by atoms with E-state index in [-0.39, 0.29) is 0 Å². The highest BCUT2D eigenvalue weighted by atomic mass is 32.1. The van der Waals surface area contributed by atoms with Crippen LogP contribution in [-0.4, -0.2) is 0 Å². The Bertz CT molecular complexity index is 2840. The van der Waals surface area contributed by atoms with Gasteiger partial charge in [0.2, 0.25) is 0 Å². The minimum atomic E-state index is 1.13. The van der Waals surface area contributed by atoms with Gasteiger partial charge in [0.15, 0.2) is 0 Å². The van der Waals surface area contributed by atoms with Crippen LogP contribution in [0.5, 0.6) is 0 Å². The topological polar surface area (TPSA) is 3.24 Å². The van der Waals surface area contributed by atoms with Crippen molar-refractivity contribution in [2.75, 3.05) is 4.90 Å². The lowest BCUT2D eigenvalue weighted by molar-refractivity contribution is 1.30. The van der Waals surface area contributed by atoms with Crippen LogP contribution in [0.4, 0.5) is 17.1 Å². The number of fused-ring (bicyclic) bond motifs is 9. The molecule has 1 nitrogen and oxygen atoms in total. The number of thiophene rings is 1. The Morgan fingerprint density at radius 2 is 0.875 bits per heavy atom. The minimum absolute atomic E-state index is 1.13. The zero-order valence-corrected chi connectivity index (χ0v) is 26.9. The summed E-state index contributed by atoms with van der Waals surface area (Å²) < 4.78 is 2.65. The molecule has 1 heterocycles. The molecular formula is C46H29NS. The zero-order valence-electron chi connectivity index (χ0n) is 26.1. The lowest BCUT2D eigenvalue weighted by Gasteiger charge is -2.27. The van der Waals surface area contributed by atoms with Gasteiger partial charge in [-0.2, -0.15) is 0 Å². The quantitative estimate of drug-likeness (QED) is 0.176. The Balaban J connectivity index is 1.16. The Kier molecular flexibility index (Phi) is 6.12. The fraction of sp³-hybridized carbons (Fsp3) is 0. The molecule has 0 saturated heterocycles. The molecule has 10 rings (SSSR count). The summed E-state index contributed by atoms with van der Waals surface area (Å²) in [6.45, 7) is 0. The summed E-state index contributed by atoms with van der Waals surface area (Å²) >= 11 is 1.87. The van der Waals surface area contributed by atoms with Crippen molar-refractivity contribution >= 4 is 91.7 Å². The molecule has 0 aliphatic carbocycles. The summed E-state index contributed by atoms with van der Waals surface area (Å²) in [5.41, 5.74) is 5.90. The van der Waals surface area contributed by atoms with Gasteiger partial charge in [0, 0.05) is 37.2 Å². The number of hydrogen-bond donors (Lipinski definition) is 0. The van der Waals surface area contributed by atoms with Crippen LogP contribution in [0.2, 0.25) is 0 Å². The van der Waals surface area contributed by atoms with Crippen molar-refractivity contribution < 1.29 is 0 Å². The van der Waals surface area contributed by atoms with Crippen LogP contribution in [0, 0.1) is 0 Å². The van der Waals surface area contributed by atoms with E-state index >= 15 is 0 Å². The molecule has 0 atom stereocenters. The van der Waals surface area contributed by atoms with Crippen molar-refractivity contribution in [2.24, 2.45) is 0 Å². The van der Waals surface area contributed by atoms with E-state index < -0.39 is 0 Å².